The summed E-state index contributed by atoms with van der Waals surface area (Å²) in [4.78, 5) is 30.8. The van der Waals surface area contributed by atoms with E-state index >= 15 is 0 Å². The Balaban J connectivity index is 1.95. The minimum absolute atomic E-state index is 0.207. The molecule has 0 aliphatic carbocycles. The highest BCUT2D eigenvalue weighted by Gasteiger charge is 2.29. The van der Waals surface area contributed by atoms with E-state index in [4.69, 9.17) is 0 Å². The van der Waals surface area contributed by atoms with Crippen LogP contribution < -0.4 is 4.74 Å². The van der Waals surface area contributed by atoms with Crippen LogP contribution in [0.1, 0.15) is 16.8 Å². The lowest BCUT2D eigenvalue weighted by molar-refractivity contribution is -0.154. The first-order valence-corrected chi connectivity index (χ1v) is 7.58. The normalized spacial score (nSPS) is 15.5. The minimum Gasteiger partial charge on any atom is -0.468 e. The maximum atomic E-state index is 12.5. The molecule has 0 N–H and O–H groups in total. The highest BCUT2D eigenvalue weighted by atomic mass is 19.4. The third-order valence-corrected chi connectivity index (χ3v) is 3.58. The van der Waals surface area contributed by atoms with Gasteiger partial charge in [0.25, 0.3) is 5.91 Å². The van der Waals surface area contributed by atoms with Gasteiger partial charge in [0.05, 0.1) is 12.7 Å². The molecule has 25 heavy (non-hydrogen) atoms. The number of carbonyl (C=O) groups is 2. The van der Waals surface area contributed by atoms with Gasteiger partial charge in [-0.2, -0.15) is 13.2 Å². The van der Waals surface area contributed by atoms with Crippen molar-refractivity contribution in [2.24, 2.45) is 0 Å². The van der Waals surface area contributed by atoms with Crippen LogP contribution in [0.5, 0.6) is 5.88 Å². The average molecular weight is 361 g/mol. The van der Waals surface area contributed by atoms with E-state index in [2.05, 4.69) is 14.5 Å². The quantitative estimate of drug-likeness (QED) is 0.823. The van der Waals surface area contributed by atoms with E-state index in [1.54, 1.807) is 4.90 Å². The second-order valence-electron chi connectivity index (χ2n) is 5.39. The summed E-state index contributed by atoms with van der Waals surface area (Å²) >= 11 is 0. The molecule has 0 spiro atoms. The Morgan fingerprint density at radius 1 is 1.16 bits per heavy atom. The number of methoxy groups -OCH3 is 1. The van der Waals surface area contributed by atoms with Crippen molar-refractivity contribution in [2.75, 3.05) is 39.9 Å². The van der Waals surface area contributed by atoms with E-state index in [0.717, 1.165) is 0 Å². The van der Waals surface area contributed by atoms with Crippen LogP contribution in [-0.2, 0) is 4.74 Å². The Bertz CT molecular complexity index is 607. The Hall–Kier alpha value is -2.52. The Kier molecular flexibility index (Phi) is 6.05. The Morgan fingerprint density at radius 2 is 1.84 bits per heavy atom. The van der Waals surface area contributed by atoms with Crippen LogP contribution in [0.3, 0.4) is 0 Å². The zero-order chi connectivity index (χ0) is 18.4. The molecule has 1 fully saturated rings. The van der Waals surface area contributed by atoms with Gasteiger partial charge in [0.15, 0.2) is 6.61 Å². The maximum absolute atomic E-state index is 12.5. The smallest absolute Gasteiger partial charge is 0.422 e. The van der Waals surface area contributed by atoms with Crippen LogP contribution in [0.2, 0.25) is 0 Å². The van der Waals surface area contributed by atoms with Crippen molar-refractivity contribution >= 4 is 12.0 Å². The minimum atomic E-state index is -4.45. The molecular weight excluding hydrogens is 343 g/mol. The van der Waals surface area contributed by atoms with Gasteiger partial charge >= 0.3 is 12.3 Å². The number of alkyl halides is 3. The largest absolute Gasteiger partial charge is 0.468 e. The van der Waals surface area contributed by atoms with E-state index < -0.39 is 18.9 Å². The predicted octanol–water partition coefficient (Wildman–Crippen LogP) is 1.94. The van der Waals surface area contributed by atoms with E-state index in [0.29, 0.717) is 32.6 Å². The van der Waals surface area contributed by atoms with Crippen LogP contribution in [0, 0.1) is 0 Å². The number of carbonyl (C=O) groups excluding carboxylic acids is 2. The van der Waals surface area contributed by atoms with E-state index in [1.807, 2.05) is 0 Å². The maximum Gasteiger partial charge on any atom is 0.422 e. The first-order chi connectivity index (χ1) is 11.8. The van der Waals surface area contributed by atoms with E-state index in [1.165, 1.54) is 30.3 Å². The number of hydrogen-bond donors (Lipinski definition) is 0. The molecule has 0 aromatic carbocycles. The molecule has 2 amide bonds. The molecule has 2 rings (SSSR count). The van der Waals surface area contributed by atoms with Crippen molar-refractivity contribution in [3.63, 3.8) is 0 Å². The molecule has 0 radical (unpaired) electrons. The molecule has 2 heterocycles. The van der Waals surface area contributed by atoms with E-state index in [9.17, 15) is 22.8 Å². The molecular formula is C15H18F3N3O4. The van der Waals surface area contributed by atoms with Gasteiger partial charge in [-0.25, -0.2) is 9.78 Å². The van der Waals surface area contributed by atoms with Crippen LogP contribution >= 0.6 is 0 Å². The number of ether oxygens (including phenoxy) is 2. The summed E-state index contributed by atoms with van der Waals surface area (Å²) < 4.78 is 45.5. The molecule has 138 valence electrons. The van der Waals surface area contributed by atoms with Gasteiger partial charge in [-0.1, -0.05) is 0 Å². The zero-order valence-corrected chi connectivity index (χ0v) is 13.6. The number of rotatable bonds is 3. The Labute approximate surface area is 142 Å². The van der Waals surface area contributed by atoms with Gasteiger partial charge < -0.3 is 19.3 Å². The topological polar surface area (TPSA) is 72.0 Å². The van der Waals surface area contributed by atoms with Crippen LogP contribution in [0.25, 0.3) is 0 Å². The summed E-state index contributed by atoms with van der Waals surface area (Å²) in [7, 11) is 1.30. The molecule has 7 nitrogen and oxygen atoms in total. The third kappa shape index (κ3) is 5.50. The second kappa shape index (κ2) is 8.04. The summed E-state index contributed by atoms with van der Waals surface area (Å²) in [6.45, 7) is 0.180. The molecule has 1 aliphatic heterocycles. The van der Waals surface area contributed by atoms with Gasteiger partial charge in [-0.05, 0) is 12.5 Å². The fraction of sp³-hybridized carbons (Fsp3) is 0.533. The van der Waals surface area contributed by atoms with Crippen molar-refractivity contribution in [3.8, 4) is 5.88 Å². The number of halogens is 3. The molecule has 0 unspecified atom stereocenters. The lowest BCUT2D eigenvalue weighted by atomic mass is 10.2. The van der Waals surface area contributed by atoms with Gasteiger partial charge in [0.1, 0.15) is 0 Å². The fourth-order valence-electron chi connectivity index (χ4n) is 2.36. The average Bonchev–Trinajstić information content (AvgIpc) is 2.84. The monoisotopic (exact) mass is 361 g/mol. The number of amides is 2. The highest BCUT2D eigenvalue weighted by Crippen LogP contribution is 2.17. The molecule has 0 atom stereocenters. The molecule has 0 saturated carbocycles. The molecule has 0 bridgehead atoms. The molecule has 1 aliphatic rings. The van der Waals surface area contributed by atoms with Crippen molar-refractivity contribution in [1.29, 1.82) is 0 Å². The third-order valence-electron chi connectivity index (χ3n) is 3.58. The fourth-order valence-corrected chi connectivity index (χ4v) is 2.36. The summed E-state index contributed by atoms with van der Waals surface area (Å²) in [5.74, 6) is -0.511. The Morgan fingerprint density at radius 3 is 2.44 bits per heavy atom. The molecule has 1 saturated heterocycles. The second-order valence-corrected chi connectivity index (χ2v) is 5.39. The van der Waals surface area contributed by atoms with E-state index in [-0.39, 0.29) is 17.4 Å². The van der Waals surface area contributed by atoms with Gasteiger partial charge in [-0.15, -0.1) is 0 Å². The van der Waals surface area contributed by atoms with Gasteiger partial charge in [0, 0.05) is 38.4 Å². The van der Waals surface area contributed by atoms with Crippen LogP contribution in [0.4, 0.5) is 18.0 Å². The molecule has 1 aromatic rings. The standard InChI is InChI=1S/C15H18F3N3O4/c1-24-14(23)21-6-2-5-20(7-8-21)13(22)11-3-4-12(19-9-11)25-10-15(16,17)18/h3-4,9H,2,5-8,10H2,1H3. The van der Waals surface area contributed by atoms with Gasteiger partial charge in [0.2, 0.25) is 5.88 Å². The van der Waals surface area contributed by atoms with Crippen molar-refractivity contribution in [2.45, 2.75) is 12.6 Å². The SMILES string of the molecule is COC(=O)N1CCCN(C(=O)c2ccc(OCC(F)(F)F)nc2)CC1. The summed E-state index contributed by atoms with van der Waals surface area (Å²) in [5.41, 5.74) is 0.242. The highest BCUT2D eigenvalue weighted by molar-refractivity contribution is 5.94. The number of hydrogen-bond acceptors (Lipinski definition) is 5. The first kappa shape index (κ1) is 18.8. The lowest BCUT2D eigenvalue weighted by Gasteiger charge is -2.21. The molecule has 1 aromatic heterocycles. The van der Waals surface area contributed by atoms with Crippen molar-refractivity contribution < 1.29 is 32.2 Å². The predicted molar refractivity (Wildman–Crippen MR) is 80.3 cm³/mol. The summed E-state index contributed by atoms with van der Waals surface area (Å²) in [5, 5.41) is 0. The van der Waals surface area contributed by atoms with Crippen molar-refractivity contribution in [1.82, 2.24) is 14.8 Å². The summed E-state index contributed by atoms with van der Waals surface area (Å²) in [6, 6.07) is 2.58. The number of pyridine rings is 1. The lowest BCUT2D eigenvalue weighted by Crippen LogP contribution is -2.37. The number of nitrogens with zero attached hydrogens (tertiary/aromatic N) is 3. The van der Waals surface area contributed by atoms with Gasteiger partial charge in [-0.3, -0.25) is 4.79 Å². The number of aromatic nitrogens is 1. The summed E-state index contributed by atoms with van der Waals surface area (Å²) in [6.07, 6.45) is -3.12. The molecule has 10 heteroatoms. The van der Waals surface area contributed by atoms with Crippen molar-refractivity contribution in [3.05, 3.63) is 23.9 Å². The first-order valence-electron chi connectivity index (χ1n) is 7.58. The zero-order valence-electron chi connectivity index (χ0n) is 13.6. The van der Waals surface area contributed by atoms with Crippen LogP contribution in [0.15, 0.2) is 18.3 Å². The van der Waals surface area contributed by atoms with Crippen LogP contribution in [-0.4, -0.2) is 72.9 Å².